The van der Waals surface area contributed by atoms with E-state index < -0.39 is 11.8 Å². The summed E-state index contributed by atoms with van der Waals surface area (Å²) in [6, 6.07) is 16.5. The molecule has 3 heterocycles. The number of nitrogens with two attached hydrogens (primary N) is 1. The van der Waals surface area contributed by atoms with Crippen molar-refractivity contribution in [1.82, 2.24) is 24.8 Å². The molecular weight excluding hydrogens is 518 g/mol. The van der Waals surface area contributed by atoms with E-state index in [9.17, 15) is 14.4 Å². The molecule has 0 unspecified atom stereocenters. The number of carbonyl (C=O) groups excluding carboxylic acids is 3. The van der Waals surface area contributed by atoms with Gasteiger partial charge in [-0.15, -0.1) is 0 Å². The van der Waals surface area contributed by atoms with Crippen LogP contribution in [0.3, 0.4) is 0 Å². The molecule has 41 heavy (non-hydrogen) atoms. The Morgan fingerprint density at radius 3 is 2.41 bits per heavy atom. The summed E-state index contributed by atoms with van der Waals surface area (Å²) in [7, 11) is 2.05. The van der Waals surface area contributed by atoms with Crippen LogP contribution in [0.25, 0.3) is 32.9 Å². The molecule has 0 spiro atoms. The Labute approximate surface area is 236 Å². The van der Waals surface area contributed by atoms with E-state index in [2.05, 4.69) is 32.2 Å². The molecule has 0 aliphatic carbocycles. The van der Waals surface area contributed by atoms with Crippen LogP contribution < -0.4 is 11.1 Å². The molecule has 3 aromatic carbocycles. The maximum Gasteiger partial charge on any atom is 0.293 e. The number of anilines is 1. The topological polar surface area (TPSA) is 137 Å². The van der Waals surface area contributed by atoms with Crippen LogP contribution in [-0.2, 0) is 0 Å². The number of hydrogen-bond donors (Lipinski definition) is 3. The Balaban J connectivity index is 1.44. The zero-order chi connectivity index (χ0) is 28.7. The minimum Gasteiger partial charge on any atom is -0.366 e. The van der Waals surface area contributed by atoms with Crippen LogP contribution in [0.2, 0.25) is 0 Å². The Bertz CT molecular complexity index is 1820. The van der Waals surface area contributed by atoms with E-state index in [4.69, 9.17) is 5.73 Å². The predicted molar refractivity (Wildman–Crippen MR) is 158 cm³/mol. The molecule has 1 fully saturated rings. The summed E-state index contributed by atoms with van der Waals surface area (Å²) >= 11 is 0. The molecule has 1 aliphatic rings. The van der Waals surface area contributed by atoms with E-state index in [0.717, 1.165) is 46.1 Å². The van der Waals surface area contributed by atoms with Crippen molar-refractivity contribution in [2.45, 2.75) is 6.92 Å². The molecule has 10 nitrogen and oxygen atoms in total. The third kappa shape index (κ3) is 4.78. The zero-order valence-electron chi connectivity index (χ0n) is 22.8. The highest BCUT2D eigenvalue weighted by Crippen LogP contribution is 2.39. The highest BCUT2D eigenvalue weighted by Gasteiger charge is 2.23. The Morgan fingerprint density at radius 1 is 0.927 bits per heavy atom. The van der Waals surface area contributed by atoms with E-state index >= 15 is 0 Å². The van der Waals surface area contributed by atoms with Gasteiger partial charge in [-0.1, -0.05) is 24.3 Å². The van der Waals surface area contributed by atoms with Crippen LogP contribution in [0, 0.1) is 6.92 Å². The van der Waals surface area contributed by atoms with Crippen LogP contribution in [0.15, 0.2) is 67.0 Å². The number of carbonyl (C=O) groups is 3. The Morgan fingerprint density at radius 2 is 1.68 bits per heavy atom. The van der Waals surface area contributed by atoms with Crippen molar-refractivity contribution in [2.75, 3.05) is 38.5 Å². The number of hydrogen-bond acceptors (Lipinski definition) is 6. The van der Waals surface area contributed by atoms with E-state index in [1.807, 2.05) is 54.3 Å². The van der Waals surface area contributed by atoms with Crippen LogP contribution >= 0.6 is 0 Å². The average molecular weight is 548 g/mol. The minimum atomic E-state index is -0.553. The fourth-order valence-corrected chi connectivity index (χ4v) is 5.42. The van der Waals surface area contributed by atoms with Gasteiger partial charge in [0.2, 0.25) is 5.82 Å². The lowest BCUT2D eigenvalue weighted by molar-refractivity contribution is 0.0664. The minimum absolute atomic E-state index is 0.0179. The lowest BCUT2D eigenvalue weighted by atomic mass is 9.93. The van der Waals surface area contributed by atoms with Gasteiger partial charge >= 0.3 is 0 Å². The number of nitrogens with one attached hydrogen (secondary N) is 2. The highest BCUT2D eigenvalue weighted by atomic mass is 16.2. The number of piperazine rings is 1. The molecule has 2 aromatic heterocycles. The van der Waals surface area contributed by atoms with Gasteiger partial charge in [-0.2, -0.15) is 0 Å². The quantitative estimate of drug-likeness (QED) is 0.306. The van der Waals surface area contributed by atoms with Gasteiger partial charge in [-0.3, -0.25) is 14.4 Å². The fraction of sp³-hybridized carbons (Fsp3) is 0.194. The van der Waals surface area contributed by atoms with Crippen LogP contribution in [-0.4, -0.2) is 75.7 Å². The van der Waals surface area contributed by atoms with Gasteiger partial charge in [0.25, 0.3) is 17.7 Å². The van der Waals surface area contributed by atoms with Gasteiger partial charge in [0.05, 0.1) is 11.1 Å². The summed E-state index contributed by atoms with van der Waals surface area (Å²) < 4.78 is 0. The molecule has 1 saturated heterocycles. The lowest BCUT2D eigenvalue weighted by Crippen LogP contribution is -2.47. The zero-order valence-corrected chi connectivity index (χ0v) is 22.8. The molecule has 206 valence electrons. The molecule has 1 aliphatic heterocycles. The van der Waals surface area contributed by atoms with Crippen molar-refractivity contribution >= 4 is 45.2 Å². The largest absolute Gasteiger partial charge is 0.366 e. The van der Waals surface area contributed by atoms with E-state index in [1.54, 1.807) is 12.1 Å². The number of H-pyrrole nitrogens is 1. The third-order valence-electron chi connectivity index (χ3n) is 7.70. The second-order valence-electron chi connectivity index (χ2n) is 10.3. The molecule has 0 atom stereocenters. The van der Waals surface area contributed by atoms with Crippen LogP contribution in [0.4, 0.5) is 5.69 Å². The molecule has 10 heteroatoms. The Kier molecular flexibility index (Phi) is 6.68. The number of fused-ring (bicyclic) bond motifs is 3. The van der Waals surface area contributed by atoms with Crippen molar-refractivity contribution in [1.29, 1.82) is 0 Å². The van der Waals surface area contributed by atoms with Crippen molar-refractivity contribution in [3.8, 4) is 11.1 Å². The number of benzene rings is 3. The SMILES string of the molecule is Cc1c(NC(=O)c2ncccn2)cccc1-c1ccc(C(N)=O)c2[nH]c3cc(C(=O)N4CCN(C)CC4)ccc3c12. The monoisotopic (exact) mass is 547 g/mol. The Hall–Kier alpha value is -5.09. The number of nitrogens with zero attached hydrogens (tertiary/aromatic N) is 4. The summed E-state index contributed by atoms with van der Waals surface area (Å²) in [4.78, 5) is 54.0. The van der Waals surface area contributed by atoms with Gasteiger partial charge in [-0.05, 0) is 61.0 Å². The molecule has 4 N–H and O–H groups in total. The molecule has 6 rings (SSSR count). The number of amides is 3. The van der Waals surface area contributed by atoms with Gasteiger partial charge in [-0.25, -0.2) is 9.97 Å². The van der Waals surface area contributed by atoms with E-state index in [1.165, 1.54) is 12.4 Å². The molecule has 5 aromatic rings. The number of rotatable bonds is 5. The van der Waals surface area contributed by atoms with E-state index in [-0.39, 0.29) is 11.7 Å². The number of likely N-dealkylation sites (N-methyl/N-ethyl adjacent to an activating group) is 1. The third-order valence-corrected chi connectivity index (χ3v) is 7.70. The van der Waals surface area contributed by atoms with Gasteiger partial charge in [0, 0.05) is 66.1 Å². The normalized spacial score (nSPS) is 14.0. The first-order valence-electron chi connectivity index (χ1n) is 13.4. The summed E-state index contributed by atoms with van der Waals surface area (Å²) in [5.74, 6) is -0.910. The van der Waals surface area contributed by atoms with Crippen LogP contribution in [0.5, 0.6) is 0 Å². The van der Waals surface area contributed by atoms with Gasteiger partial charge < -0.3 is 25.8 Å². The average Bonchev–Trinajstić information content (AvgIpc) is 3.37. The maximum absolute atomic E-state index is 13.3. The number of aromatic nitrogens is 3. The standard InChI is InChI=1S/C31H29N7O3/c1-18-20(5-3-6-24(18)36-30(40)29-33-11-4-12-34-29)21-9-10-23(28(32)39)27-26(21)22-8-7-19(17-25(22)35-27)31(41)38-15-13-37(2)14-16-38/h3-12,17,35H,13-16H2,1-2H3,(H2,32,39)(H,36,40). The van der Waals surface area contributed by atoms with Crippen LogP contribution in [0.1, 0.15) is 36.9 Å². The van der Waals surface area contributed by atoms with Crippen molar-refractivity contribution in [3.05, 3.63) is 89.5 Å². The van der Waals surface area contributed by atoms with Crippen molar-refractivity contribution < 1.29 is 14.4 Å². The summed E-state index contributed by atoms with van der Waals surface area (Å²) in [5.41, 5.74) is 11.2. The smallest absolute Gasteiger partial charge is 0.293 e. The van der Waals surface area contributed by atoms with E-state index in [0.29, 0.717) is 35.4 Å². The molecule has 3 amide bonds. The summed E-state index contributed by atoms with van der Waals surface area (Å²) in [5, 5.41) is 4.58. The first kappa shape index (κ1) is 26.1. The lowest BCUT2D eigenvalue weighted by Gasteiger charge is -2.32. The van der Waals surface area contributed by atoms with Gasteiger partial charge in [0.15, 0.2) is 0 Å². The molecule has 0 bridgehead atoms. The number of aromatic amines is 1. The molecule has 0 saturated carbocycles. The second kappa shape index (κ2) is 10.5. The van der Waals surface area contributed by atoms with Crippen molar-refractivity contribution in [3.63, 3.8) is 0 Å². The van der Waals surface area contributed by atoms with Crippen molar-refractivity contribution in [2.24, 2.45) is 5.73 Å². The predicted octanol–water partition coefficient (Wildman–Crippen LogP) is 3.83. The first-order valence-corrected chi connectivity index (χ1v) is 13.4. The maximum atomic E-state index is 13.3. The molecular formula is C31H29N7O3. The van der Waals surface area contributed by atoms with Gasteiger partial charge in [0.1, 0.15) is 0 Å². The number of primary amides is 1. The highest BCUT2D eigenvalue weighted by molar-refractivity contribution is 6.20. The summed E-state index contributed by atoms with van der Waals surface area (Å²) in [6.07, 6.45) is 3.03. The first-order chi connectivity index (χ1) is 19.8. The summed E-state index contributed by atoms with van der Waals surface area (Å²) in [6.45, 7) is 4.95. The molecule has 0 radical (unpaired) electrons. The fourth-order valence-electron chi connectivity index (χ4n) is 5.42. The second-order valence-corrected chi connectivity index (χ2v) is 10.3.